The Morgan fingerprint density at radius 3 is 2.31 bits per heavy atom. The minimum absolute atomic E-state index is 0.0721. The van der Waals surface area contributed by atoms with Gasteiger partial charge in [0.25, 0.3) is 0 Å². The van der Waals surface area contributed by atoms with Crippen LogP contribution < -0.4 is 14.8 Å². The normalized spacial score (nSPS) is 13.4. The number of amides is 1. The molecule has 1 heterocycles. The molecular formula is C27H29FN2O6. The average molecular weight is 497 g/mol. The van der Waals surface area contributed by atoms with E-state index < -0.39 is 47.2 Å². The van der Waals surface area contributed by atoms with Crippen LogP contribution in [0.1, 0.15) is 52.5 Å². The second-order valence-corrected chi connectivity index (χ2v) is 8.66. The Morgan fingerprint density at radius 1 is 1.06 bits per heavy atom. The first-order chi connectivity index (χ1) is 17.0. The highest BCUT2D eigenvalue weighted by Gasteiger charge is 2.32. The van der Waals surface area contributed by atoms with E-state index >= 15 is 0 Å². The molecule has 0 saturated carbocycles. The van der Waals surface area contributed by atoms with Crippen molar-refractivity contribution in [1.29, 1.82) is 0 Å². The van der Waals surface area contributed by atoms with Gasteiger partial charge in [0.1, 0.15) is 18.0 Å². The van der Waals surface area contributed by atoms with Gasteiger partial charge in [0, 0.05) is 12.0 Å². The van der Waals surface area contributed by atoms with Crippen molar-refractivity contribution in [1.82, 2.24) is 5.32 Å². The number of aromatic nitrogens is 1. The number of esters is 1. The number of halogens is 1. The van der Waals surface area contributed by atoms with Crippen LogP contribution in [0.4, 0.5) is 4.39 Å². The van der Waals surface area contributed by atoms with Crippen molar-refractivity contribution in [2.24, 2.45) is 0 Å². The highest BCUT2D eigenvalue weighted by atomic mass is 19.1. The van der Waals surface area contributed by atoms with E-state index in [-0.39, 0.29) is 10.5 Å². The summed E-state index contributed by atoms with van der Waals surface area (Å²) in [5.74, 6) is -3.53. The van der Waals surface area contributed by atoms with Crippen LogP contribution in [0.3, 0.4) is 0 Å². The summed E-state index contributed by atoms with van der Waals surface area (Å²) in [6.07, 6.45) is 0.201. The number of carbonyl (C=O) groups is 2. The van der Waals surface area contributed by atoms with Gasteiger partial charge in [0.15, 0.2) is 11.9 Å². The molecule has 0 bridgehead atoms. The van der Waals surface area contributed by atoms with Crippen molar-refractivity contribution < 1.29 is 33.3 Å². The average Bonchev–Trinajstić information content (AvgIpc) is 2.82. The van der Waals surface area contributed by atoms with Gasteiger partial charge in [-0.25, -0.2) is 9.18 Å². The molecule has 0 radical (unpaired) electrons. The Bertz CT molecular complexity index is 1260. The van der Waals surface area contributed by atoms with E-state index in [0.29, 0.717) is 5.56 Å². The maximum atomic E-state index is 15.0. The highest BCUT2D eigenvalue weighted by molar-refractivity contribution is 5.96. The van der Waals surface area contributed by atoms with Gasteiger partial charge in [0.05, 0.1) is 7.11 Å². The summed E-state index contributed by atoms with van der Waals surface area (Å²) >= 11 is 0. The van der Waals surface area contributed by atoms with Gasteiger partial charge in [-0.15, -0.1) is 0 Å². The minimum Gasteiger partial charge on any atom is -0.618 e. The molecule has 0 aliphatic rings. The summed E-state index contributed by atoms with van der Waals surface area (Å²) in [6, 6.07) is 12.4. The molecule has 0 unspecified atom stereocenters. The van der Waals surface area contributed by atoms with Crippen molar-refractivity contribution in [3.05, 3.63) is 93.7 Å². The molecule has 2 aromatic carbocycles. The molecule has 2 N–H and O–H groups in total. The van der Waals surface area contributed by atoms with E-state index in [1.807, 2.05) is 31.2 Å². The Hall–Kier alpha value is -4.14. The smallest absolute Gasteiger partial charge is 0.328 e. The molecule has 0 aliphatic heterocycles. The van der Waals surface area contributed by atoms with Crippen LogP contribution in [0.5, 0.6) is 11.5 Å². The number of aromatic hydroxyl groups is 1. The number of pyridine rings is 1. The van der Waals surface area contributed by atoms with Crippen molar-refractivity contribution in [2.75, 3.05) is 7.11 Å². The van der Waals surface area contributed by atoms with Crippen molar-refractivity contribution >= 4 is 11.9 Å². The predicted octanol–water partition coefficient (Wildman–Crippen LogP) is 3.67. The molecule has 0 saturated heterocycles. The zero-order valence-electron chi connectivity index (χ0n) is 20.7. The summed E-state index contributed by atoms with van der Waals surface area (Å²) in [5, 5.41) is 24.6. The standard InChI is InChI=1S/C27H29FN2O6/c1-15-6-9-19(10-7-15)23(20-11-8-16(2)14-21(20)28)18(4)36-27(33)17(3)29-26(32)24-25(31)22(35-5)12-13-30(24)34/h6-14,17-18,23,31H,1-5H3,(H,29,32)/t17-,18-,23+/m0/s1. The summed E-state index contributed by atoms with van der Waals surface area (Å²) in [7, 11) is 1.27. The number of ether oxygens (including phenoxy) is 2. The monoisotopic (exact) mass is 496 g/mol. The van der Waals surface area contributed by atoms with E-state index in [9.17, 15) is 24.3 Å². The first-order valence-corrected chi connectivity index (χ1v) is 11.4. The second-order valence-electron chi connectivity index (χ2n) is 8.66. The number of nitrogens with zero attached hydrogens (tertiary/aromatic N) is 1. The van der Waals surface area contributed by atoms with Crippen LogP contribution in [0, 0.1) is 24.9 Å². The molecule has 1 amide bonds. The van der Waals surface area contributed by atoms with E-state index in [0.717, 1.165) is 22.9 Å². The SMILES string of the molecule is COc1cc[n+]([O-])c(C(=O)N[C@@H](C)C(=O)O[C@@H](C)[C@H](c2ccc(C)cc2)c2ccc(C)cc2F)c1O. The van der Waals surface area contributed by atoms with Crippen LogP contribution in [-0.4, -0.2) is 36.2 Å². The van der Waals surface area contributed by atoms with Crippen LogP contribution in [-0.2, 0) is 9.53 Å². The minimum atomic E-state index is -1.17. The van der Waals surface area contributed by atoms with Crippen LogP contribution in [0.25, 0.3) is 0 Å². The first-order valence-electron chi connectivity index (χ1n) is 11.4. The Labute approximate surface area is 208 Å². The summed E-state index contributed by atoms with van der Waals surface area (Å²) in [4.78, 5) is 25.5. The molecule has 3 atom stereocenters. The molecule has 1 aromatic heterocycles. The summed E-state index contributed by atoms with van der Waals surface area (Å²) in [6.45, 7) is 6.75. The van der Waals surface area contributed by atoms with E-state index in [1.54, 1.807) is 26.0 Å². The van der Waals surface area contributed by atoms with Crippen molar-refractivity contribution in [2.45, 2.75) is 45.8 Å². The summed E-state index contributed by atoms with van der Waals surface area (Å²) < 4.78 is 25.7. The third-order valence-electron chi connectivity index (χ3n) is 5.87. The number of hydrogen-bond donors (Lipinski definition) is 2. The van der Waals surface area contributed by atoms with Gasteiger partial charge >= 0.3 is 17.6 Å². The predicted molar refractivity (Wildman–Crippen MR) is 130 cm³/mol. The Balaban J connectivity index is 1.82. The third-order valence-corrected chi connectivity index (χ3v) is 5.87. The molecule has 9 heteroatoms. The number of carbonyl (C=O) groups excluding carboxylic acids is 2. The lowest BCUT2D eigenvalue weighted by Gasteiger charge is -2.27. The number of aryl methyl sites for hydroxylation is 2. The number of hydrogen-bond acceptors (Lipinski definition) is 6. The fraction of sp³-hybridized carbons (Fsp3) is 0.296. The molecular weight excluding hydrogens is 467 g/mol. The van der Waals surface area contributed by atoms with Gasteiger partial charge in [-0.05, 0) is 50.5 Å². The van der Waals surface area contributed by atoms with Gasteiger partial charge in [-0.1, -0.05) is 42.0 Å². The molecule has 36 heavy (non-hydrogen) atoms. The van der Waals surface area contributed by atoms with Gasteiger partial charge in [0.2, 0.25) is 5.75 Å². The number of methoxy groups -OCH3 is 1. The van der Waals surface area contributed by atoms with Crippen LogP contribution in [0.2, 0.25) is 0 Å². The number of rotatable bonds is 8. The zero-order valence-corrected chi connectivity index (χ0v) is 20.7. The molecule has 0 spiro atoms. The zero-order chi connectivity index (χ0) is 26.6. The van der Waals surface area contributed by atoms with Gasteiger partial charge in [-0.2, -0.15) is 4.73 Å². The maximum absolute atomic E-state index is 15.0. The fourth-order valence-electron chi connectivity index (χ4n) is 3.92. The highest BCUT2D eigenvalue weighted by Crippen LogP contribution is 2.32. The Morgan fingerprint density at radius 2 is 1.69 bits per heavy atom. The lowest BCUT2D eigenvalue weighted by molar-refractivity contribution is -0.608. The lowest BCUT2D eigenvalue weighted by atomic mass is 9.86. The molecule has 0 fully saturated rings. The number of nitrogens with one attached hydrogen (secondary N) is 1. The van der Waals surface area contributed by atoms with E-state index in [2.05, 4.69) is 5.32 Å². The molecule has 0 aliphatic carbocycles. The maximum Gasteiger partial charge on any atom is 0.328 e. The Kier molecular flexibility index (Phi) is 8.14. The van der Waals surface area contributed by atoms with E-state index in [1.165, 1.54) is 26.2 Å². The first kappa shape index (κ1) is 26.5. The van der Waals surface area contributed by atoms with Crippen LogP contribution in [0.15, 0.2) is 54.7 Å². The molecule has 8 nitrogen and oxygen atoms in total. The van der Waals surface area contributed by atoms with Gasteiger partial charge < -0.3 is 25.1 Å². The second kappa shape index (κ2) is 11.1. The summed E-state index contributed by atoms with van der Waals surface area (Å²) in [5.41, 5.74) is 2.29. The number of benzene rings is 2. The largest absolute Gasteiger partial charge is 0.618 e. The fourth-order valence-corrected chi connectivity index (χ4v) is 3.92. The molecule has 3 rings (SSSR count). The lowest BCUT2D eigenvalue weighted by Crippen LogP contribution is -2.46. The quantitative estimate of drug-likeness (QED) is 0.280. The molecule has 3 aromatic rings. The van der Waals surface area contributed by atoms with Gasteiger partial charge in [-0.3, -0.25) is 4.79 Å². The third kappa shape index (κ3) is 5.73. The van der Waals surface area contributed by atoms with Crippen molar-refractivity contribution in [3.8, 4) is 11.5 Å². The molecule has 190 valence electrons. The van der Waals surface area contributed by atoms with Crippen molar-refractivity contribution in [3.63, 3.8) is 0 Å². The van der Waals surface area contributed by atoms with E-state index in [4.69, 9.17) is 9.47 Å². The topological polar surface area (TPSA) is 112 Å². The van der Waals surface area contributed by atoms with Crippen LogP contribution >= 0.6 is 0 Å².